The lowest BCUT2D eigenvalue weighted by molar-refractivity contribution is 0.0929. The van der Waals surface area contributed by atoms with Crippen LogP contribution in [0.25, 0.3) is 11.0 Å². The fourth-order valence-corrected chi connectivity index (χ4v) is 2.65. The second-order valence-electron chi connectivity index (χ2n) is 5.69. The van der Waals surface area contributed by atoms with Crippen molar-refractivity contribution in [2.45, 2.75) is 25.9 Å². The third-order valence-electron chi connectivity index (χ3n) is 3.77. The number of aromatic nitrogens is 4. The first kappa shape index (κ1) is 14.2. The summed E-state index contributed by atoms with van der Waals surface area (Å²) in [4.78, 5) is 11.1. The van der Waals surface area contributed by atoms with Crippen molar-refractivity contribution >= 4 is 16.9 Å². The van der Waals surface area contributed by atoms with Gasteiger partial charge in [-0.1, -0.05) is 13.8 Å². The van der Waals surface area contributed by atoms with Crippen LogP contribution in [0.4, 0.5) is 5.82 Å². The predicted molar refractivity (Wildman–Crippen MR) is 81.4 cm³/mol. The first-order valence-corrected chi connectivity index (χ1v) is 7.37. The van der Waals surface area contributed by atoms with Crippen LogP contribution in [-0.2, 0) is 11.8 Å². The summed E-state index contributed by atoms with van der Waals surface area (Å²) in [6, 6.07) is 0.733. The molecule has 0 aromatic carbocycles. The van der Waals surface area contributed by atoms with Crippen molar-refractivity contribution in [3.8, 4) is 0 Å². The van der Waals surface area contributed by atoms with Crippen molar-refractivity contribution in [3.63, 3.8) is 0 Å². The molecule has 0 radical (unpaired) electrons. The summed E-state index contributed by atoms with van der Waals surface area (Å²) in [5.41, 5.74) is 0.863. The van der Waals surface area contributed by atoms with E-state index in [0.29, 0.717) is 12.6 Å². The van der Waals surface area contributed by atoms with Crippen LogP contribution in [-0.4, -0.2) is 58.1 Å². The van der Waals surface area contributed by atoms with Crippen LogP contribution < -0.4 is 10.2 Å². The average Bonchev–Trinajstić information content (AvgIpc) is 2.87. The Bertz CT molecular complexity index is 611. The molecule has 114 valence electrons. The van der Waals surface area contributed by atoms with E-state index in [1.165, 1.54) is 0 Å². The van der Waals surface area contributed by atoms with Gasteiger partial charge in [0, 0.05) is 26.2 Å². The Balaban J connectivity index is 1.91. The summed E-state index contributed by atoms with van der Waals surface area (Å²) in [6.07, 6.45) is 3.45. The molecular weight excluding hydrogens is 268 g/mol. The number of hydrogen-bond donors (Lipinski definition) is 1. The van der Waals surface area contributed by atoms with E-state index in [1.807, 2.05) is 13.2 Å². The Kier molecular flexibility index (Phi) is 4.03. The highest BCUT2D eigenvalue weighted by atomic mass is 16.5. The van der Waals surface area contributed by atoms with Gasteiger partial charge in [0.1, 0.15) is 12.1 Å². The third-order valence-corrected chi connectivity index (χ3v) is 3.77. The van der Waals surface area contributed by atoms with E-state index >= 15 is 0 Å². The molecule has 2 aromatic heterocycles. The van der Waals surface area contributed by atoms with Crippen LogP contribution in [0.15, 0.2) is 12.5 Å². The van der Waals surface area contributed by atoms with Gasteiger partial charge in [0.05, 0.1) is 30.8 Å². The van der Waals surface area contributed by atoms with Crippen LogP contribution in [0.1, 0.15) is 13.8 Å². The number of anilines is 1. The molecule has 3 rings (SSSR count). The maximum absolute atomic E-state index is 5.64. The Morgan fingerprint density at radius 1 is 1.43 bits per heavy atom. The van der Waals surface area contributed by atoms with Crippen molar-refractivity contribution < 1.29 is 4.74 Å². The smallest absolute Gasteiger partial charge is 0.163 e. The maximum atomic E-state index is 5.64. The lowest BCUT2D eigenvalue weighted by Crippen LogP contribution is -2.51. The summed E-state index contributed by atoms with van der Waals surface area (Å²) in [6.45, 7) is 7.46. The van der Waals surface area contributed by atoms with Gasteiger partial charge in [-0.15, -0.1) is 0 Å². The number of hydrogen-bond acceptors (Lipinski definition) is 6. The fourth-order valence-electron chi connectivity index (χ4n) is 2.65. The lowest BCUT2D eigenvalue weighted by Gasteiger charge is -2.37. The van der Waals surface area contributed by atoms with E-state index in [-0.39, 0.29) is 6.04 Å². The summed E-state index contributed by atoms with van der Waals surface area (Å²) >= 11 is 0. The minimum atomic E-state index is 0.277. The molecule has 0 bridgehead atoms. The molecule has 1 atom stereocenters. The highest BCUT2D eigenvalue weighted by Crippen LogP contribution is 2.25. The normalized spacial score (nSPS) is 19.6. The fraction of sp³-hybridized carbons (Fsp3) is 0.643. The second kappa shape index (κ2) is 5.95. The van der Waals surface area contributed by atoms with Gasteiger partial charge in [0.25, 0.3) is 0 Å². The molecular formula is C14H22N6O. The van der Waals surface area contributed by atoms with Gasteiger partial charge in [-0.05, 0) is 0 Å². The van der Waals surface area contributed by atoms with Crippen molar-refractivity contribution in [2.24, 2.45) is 7.05 Å². The number of ether oxygens (including phenoxy) is 1. The molecule has 1 aliphatic heterocycles. The van der Waals surface area contributed by atoms with E-state index in [1.54, 1.807) is 11.0 Å². The molecule has 2 aromatic rings. The topological polar surface area (TPSA) is 68.1 Å². The second-order valence-corrected chi connectivity index (χ2v) is 5.69. The molecule has 1 unspecified atom stereocenters. The van der Waals surface area contributed by atoms with Gasteiger partial charge in [0.2, 0.25) is 0 Å². The Labute approximate surface area is 124 Å². The van der Waals surface area contributed by atoms with Crippen LogP contribution >= 0.6 is 0 Å². The van der Waals surface area contributed by atoms with Gasteiger partial charge in [-0.3, -0.25) is 4.68 Å². The van der Waals surface area contributed by atoms with Gasteiger partial charge in [0.15, 0.2) is 5.65 Å². The largest absolute Gasteiger partial charge is 0.377 e. The molecule has 7 heteroatoms. The van der Waals surface area contributed by atoms with Crippen molar-refractivity contribution in [3.05, 3.63) is 12.5 Å². The van der Waals surface area contributed by atoms with E-state index in [0.717, 1.165) is 36.5 Å². The maximum Gasteiger partial charge on any atom is 0.163 e. The zero-order chi connectivity index (χ0) is 14.8. The summed E-state index contributed by atoms with van der Waals surface area (Å²) in [5, 5.41) is 8.77. The highest BCUT2D eigenvalue weighted by Gasteiger charge is 2.26. The third kappa shape index (κ3) is 2.84. The number of rotatable bonds is 4. The average molecular weight is 290 g/mol. The molecule has 0 saturated carbocycles. The molecule has 3 heterocycles. The first-order valence-electron chi connectivity index (χ1n) is 7.37. The molecule has 1 saturated heterocycles. The van der Waals surface area contributed by atoms with E-state index in [9.17, 15) is 0 Å². The molecule has 1 fully saturated rings. The van der Waals surface area contributed by atoms with E-state index in [4.69, 9.17) is 4.74 Å². The summed E-state index contributed by atoms with van der Waals surface area (Å²) < 4.78 is 7.42. The van der Waals surface area contributed by atoms with Gasteiger partial charge in [-0.2, -0.15) is 5.10 Å². The van der Waals surface area contributed by atoms with Crippen LogP contribution in [0.5, 0.6) is 0 Å². The number of morpholine rings is 1. The minimum absolute atomic E-state index is 0.277. The van der Waals surface area contributed by atoms with Gasteiger partial charge < -0.3 is 15.0 Å². The minimum Gasteiger partial charge on any atom is -0.377 e. The van der Waals surface area contributed by atoms with Gasteiger partial charge >= 0.3 is 0 Å². The quantitative estimate of drug-likeness (QED) is 0.888. The Hall–Kier alpha value is -1.73. The standard InChI is InChI=1S/C14H22N6O/c1-10(2)15-6-11-8-21-5-4-20(11)14-12-7-18-19(3)13(12)16-9-17-14/h7,9-11,15H,4-6,8H2,1-3H3. The molecule has 0 aliphatic carbocycles. The van der Waals surface area contributed by atoms with Gasteiger partial charge in [-0.25, -0.2) is 9.97 Å². The summed E-state index contributed by atoms with van der Waals surface area (Å²) in [7, 11) is 1.90. The molecule has 7 nitrogen and oxygen atoms in total. The van der Waals surface area contributed by atoms with Crippen molar-refractivity contribution in [1.29, 1.82) is 0 Å². The van der Waals surface area contributed by atoms with Crippen molar-refractivity contribution in [1.82, 2.24) is 25.1 Å². The monoisotopic (exact) mass is 290 g/mol. The van der Waals surface area contributed by atoms with Crippen LogP contribution in [0.3, 0.4) is 0 Å². The zero-order valence-electron chi connectivity index (χ0n) is 12.8. The lowest BCUT2D eigenvalue weighted by atomic mass is 10.2. The molecule has 21 heavy (non-hydrogen) atoms. The Morgan fingerprint density at radius 2 is 2.29 bits per heavy atom. The van der Waals surface area contributed by atoms with Crippen LogP contribution in [0.2, 0.25) is 0 Å². The number of nitrogens with one attached hydrogen (secondary N) is 1. The number of fused-ring (bicyclic) bond motifs is 1. The molecule has 1 N–H and O–H groups in total. The summed E-state index contributed by atoms with van der Waals surface area (Å²) in [5.74, 6) is 0.951. The predicted octanol–water partition coefficient (Wildman–Crippen LogP) is 0.566. The Morgan fingerprint density at radius 3 is 3.10 bits per heavy atom. The zero-order valence-corrected chi connectivity index (χ0v) is 12.8. The molecule has 0 spiro atoms. The van der Waals surface area contributed by atoms with Crippen LogP contribution in [0, 0.1) is 0 Å². The highest BCUT2D eigenvalue weighted by molar-refractivity contribution is 5.86. The molecule has 1 aliphatic rings. The van der Waals surface area contributed by atoms with Crippen molar-refractivity contribution in [2.75, 3.05) is 31.2 Å². The SMILES string of the molecule is CC(C)NCC1COCCN1c1ncnc2c1cnn2C. The number of nitrogens with zero attached hydrogens (tertiary/aromatic N) is 5. The molecule has 0 amide bonds. The van der Waals surface area contributed by atoms with E-state index in [2.05, 4.69) is 39.1 Å². The number of aryl methyl sites for hydroxylation is 1. The first-order chi connectivity index (χ1) is 10.2. The van der Waals surface area contributed by atoms with E-state index < -0.39 is 0 Å².